The summed E-state index contributed by atoms with van der Waals surface area (Å²) in [6.45, 7) is 0. The molecule has 0 fully saturated rings. The standard InChI is InChI=1S/C18H10Cl4/c19-15-7-5-12(6-8-15)11-1-3-13(4-2-11)14-9-16(20)18(22)17(21)10-14/h1-10H. The predicted octanol–water partition coefficient (Wildman–Crippen LogP) is 7.63. The zero-order valence-corrected chi connectivity index (χ0v) is 14.3. The largest absolute Gasteiger partial charge is 0.0843 e. The molecule has 0 atom stereocenters. The molecule has 3 aromatic carbocycles. The molecule has 0 spiro atoms. The van der Waals surface area contributed by atoms with E-state index in [2.05, 4.69) is 12.1 Å². The summed E-state index contributed by atoms with van der Waals surface area (Å²) in [4.78, 5) is 0. The van der Waals surface area contributed by atoms with Crippen LogP contribution in [0.2, 0.25) is 20.1 Å². The lowest BCUT2D eigenvalue weighted by atomic mass is 10.0. The van der Waals surface area contributed by atoms with Crippen LogP contribution in [-0.2, 0) is 0 Å². The summed E-state index contributed by atoms with van der Waals surface area (Å²) in [6.07, 6.45) is 0. The maximum Gasteiger partial charge on any atom is 0.0778 e. The van der Waals surface area contributed by atoms with Gasteiger partial charge in [-0.1, -0.05) is 82.8 Å². The Hall–Kier alpha value is -1.18. The van der Waals surface area contributed by atoms with Gasteiger partial charge in [0, 0.05) is 5.02 Å². The second-order valence-corrected chi connectivity index (χ2v) is 6.47. The van der Waals surface area contributed by atoms with Gasteiger partial charge in [-0.15, -0.1) is 0 Å². The number of benzene rings is 3. The van der Waals surface area contributed by atoms with Crippen molar-refractivity contribution < 1.29 is 0 Å². The van der Waals surface area contributed by atoms with Crippen LogP contribution in [-0.4, -0.2) is 0 Å². The van der Waals surface area contributed by atoms with E-state index in [1.54, 1.807) is 0 Å². The third-order valence-electron chi connectivity index (χ3n) is 3.38. The number of halogens is 4. The second kappa shape index (κ2) is 6.52. The molecule has 0 heterocycles. The quantitative estimate of drug-likeness (QED) is 0.408. The van der Waals surface area contributed by atoms with Crippen LogP contribution in [0.4, 0.5) is 0 Å². The van der Waals surface area contributed by atoms with Crippen molar-refractivity contribution in [1.29, 1.82) is 0 Å². The van der Waals surface area contributed by atoms with E-state index in [9.17, 15) is 0 Å². The SMILES string of the molecule is Clc1ccc(-c2ccc(-c3cc(Cl)c(Cl)c(Cl)c3)cc2)cc1. The molecule has 3 aromatic rings. The van der Waals surface area contributed by atoms with Crippen molar-refractivity contribution in [2.45, 2.75) is 0 Å². The van der Waals surface area contributed by atoms with E-state index in [1.165, 1.54) is 0 Å². The first kappa shape index (κ1) is 15.7. The summed E-state index contributed by atoms with van der Waals surface area (Å²) in [5, 5.41) is 2.01. The molecule has 0 radical (unpaired) electrons. The Morgan fingerprint density at radius 1 is 0.455 bits per heavy atom. The highest BCUT2D eigenvalue weighted by molar-refractivity contribution is 6.48. The average Bonchev–Trinajstić information content (AvgIpc) is 2.53. The fourth-order valence-electron chi connectivity index (χ4n) is 2.22. The first-order valence-electron chi connectivity index (χ1n) is 6.55. The van der Waals surface area contributed by atoms with Crippen molar-refractivity contribution >= 4 is 46.4 Å². The van der Waals surface area contributed by atoms with Crippen LogP contribution in [0.3, 0.4) is 0 Å². The normalized spacial score (nSPS) is 10.7. The van der Waals surface area contributed by atoms with Gasteiger partial charge in [-0.2, -0.15) is 0 Å². The molecule has 0 aliphatic rings. The summed E-state index contributed by atoms with van der Waals surface area (Å²) >= 11 is 24.1. The minimum Gasteiger partial charge on any atom is -0.0843 e. The lowest BCUT2D eigenvalue weighted by Crippen LogP contribution is -1.82. The van der Waals surface area contributed by atoms with Gasteiger partial charge in [0.15, 0.2) is 0 Å². The molecule has 0 aliphatic carbocycles. The van der Waals surface area contributed by atoms with Gasteiger partial charge >= 0.3 is 0 Å². The van der Waals surface area contributed by atoms with Gasteiger partial charge in [-0.25, -0.2) is 0 Å². The molecule has 3 rings (SSSR count). The molecular formula is C18H10Cl4. The second-order valence-electron chi connectivity index (χ2n) is 4.84. The van der Waals surface area contributed by atoms with Crippen LogP contribution in [0.1, 0.15) is 0 Å². The molecule has 0 aromatic heterocycles. The first-order valence-corrected chi connectivity index (χ1v) is 8.07. The highest BCUT2D eigenvalue weighted by Crippen LogP contribution is 2.35. The van der Waals surface area contributed by atoms with E-state index in [0.29, 0.717) is 15.1 Å². The van der Waals surface area contributed by atoms with Gasteiger partial charge in [0.2, 0.25) is 0 Å². The molecule has 0 aliphatic heterocycles. The third kappa shape index (κ3) is 3.26. The Kier molecular flexibility index (Phi) is 4.65. The van der Waals surface area contributed by atoms with E-state index in [1.807, 2.05) is 48.5 Å². The van der Waals surface area contributed by atoms with E-state index in [4.69, 9.17) is 46.4 Å². The molecular weight excluding hydrogens is 358 g/mol. The van der Waals surface area contributed by atoms with Gasteiger partial charge in [0.25, 0.3) is 0 Å². The minimum atomic E-state index is 0.380. The Labute approximate surface area is 149 Å². The molecule has 0 saturated heterocycles. The van der Waals surface area contributed by atoms with Crippen LogP contribution in [0.15, 0.2) is 60.7 Å². The van der Waals surface area contributed by atoms with E-state index >= 15 is 0 Å². The highest BCUT2D eigenvalue weighted by atomic mass is 35.5. The molecule has 0 bridgehead atoms. The number of hydrogen-bond acceptors (Lipinski definition) is 0. The average molecular weight is 368 g/mol. The topological polar surface area (TPSA) is 0 Å². The van der Waals surface area contributed by atoms with Crippen LogP contribution in [0.5, 0.6) is 0 Å². The van der Waals surface area contributed by atoms with Crippen molar-refractivity contribution in [2.75, 3.05) is 0 Å². The van der Waals surface area contributed by atoms with Crippen LogP contribution in [0, 0.1) is 0 Å². The monoisotopic (exact) mass is 366 g/mol. The van der Waals surface area contributed by atoms with Gasteiger partial charge in [0.1, 0.15) is 0 Å². The zero-order valence-electron chi connectivity index (χ0n) is 11.3. The molecule has 0 saturated carbocycles. The Morgan fingerprint density at radius 2 is 0.818 bits per heavy atom. The molecule has 0 N–H and O–H groups in total. The van der Waals surface area contributed by atoms with Gasteiger partial charge in [0.05, 0.1) is 15.1 Å². The summed E-state index contributed by atoms with van der Waals surface area (Å²) in [7, 11) is 0. The van der Waals surface area contributed by atoms with Gasteiger partial charge in [-0.3, -0.25) is 0 Å². The van der Waals surface area contributed by atoms with E-state index in [0.717, 1.165) is 27.3 Å². The van der Waals surface area contributed by atoms with E-state index < -0.39 is 0 Å². The first-order chi connectivity index (χ1) is 10.5. The fourth-order valence-corrected chi connectivity index (χ4v) is 2.94. The summed E-state index contributed by atoms with van der Waals surface area (Å²) in [5.41, 5.74) is 4.19. The summed E-state index contributed by atoms with van der Waals surface area (Å²) in [5.74, 6) is 0. The molecule has 4 heteroatoms. The fraction of sp³-hybridized carbons (Fsp3) is 0. The molecule has 110 valence electrons. The third-order valence-corrected chi connectivity index (χ3v) is 4.83. The summed E-state index contributed by atoms with van der Waals surface area (Å²) < 4.78 is 0. The Morgan fingerprint density at radius 3 is 1.27 bits per heavy atom. The van der Waals surface area contributed by atoms with Crippen molar-refractivity contribution in [2.24, 2.45) is 0 Å². The minimum absolute atomic E-state index is 0.380. The number of rotatable bonds is 2. The van der Waals surface area contributed by atoms with Gasteiger partial charge in [-0.05, 0) is 46.5 Å². The predicted molar refractivity (Wildman–Crippen MR) is 97.4 cm³/mol. The Bertz CT molecular complexity index is 782. The van der Waals surface area contributed by atoms with E-state index in [-0.39, 0.29) is 0 Å². The maximum atomic E-state index is 6.08. The smallest absolute Gasteiger partial charge is 0.0778 e. The Balaban J connectivity index is 1.96. The molecule has 0 nitrogen and oxygen atoms in total. The van der Waals surface area contributed by atoms with Gasteiger partial charge < -0.3 is 0 Å². The summed E-state index contributed by atoms with van der Waals surface area (Å²) in [6, 6.07) is 19.5. The van der Waals surface area contributed by atoms with Crippen molar-refractivity contribution in [3.05, 3.63) is 80.8 Å². The van der Waals surface area contributed by atoms with Crippen LogP contribution < -0.4 is 0 Å². The van der Waals surface area contributed by atoms with Crippen molar-refractivity contribution in [1.82, 2.24) is 0 Å². The molecule has 0 unspecified atom stereocenters. The highest BCUT2D eigenvalue weighted by Gasteiger charge is 2.08. The van der Waals surface area contributed by atoms with Crippen molar-refractivity contribution in [3.8, 4) is 22.3 Å². The van der Waals surface area contributed by atoms with Crippen LogP contribution >= 0.6 is 46.4 Å². The lowest BCUT2D eigenvalue weighted by molar-refractivity contribution is 1.59. The maximum absolute atomic E-state index is 6.08. The van der Waals surface area contributed by atoms with Crippen LogP contribution in [0.25, 0.3) is 22.3 Å². The number of hydrogen-bond donors (Lipinski definition) is 0. The molecule has 0 amide bonds. The molecule has 22 heavy (non-hydrogen) atoms. The zero-order chi connectivity index (χ0) is 15.7. The lowest BCUT2D eigenvalue weighted by Gasteiger charge is -2.07. The van der Waals surface area contributed by atoms with Crippen molar-refractivity contribution in [3.63, 3.8) is 0 Å².